The standard InChI is InChI=1S/C13H15N3O3S/c1-16-11(8-3-4-8)14-15-13(16)20-7-9-5-6-10(19-9)12(17)18-2/h5-6,8H,3-4,7H2,1-2H3. The lowest BCUT2D eigenvalue weighted by molar-refractivity contribution is 0.0563. The lowest BCUT2D eigenvalue weighted by Gasteiger charge is -2.01. The molecule has 1 saturated carbocycles. The van der Waals surface area contributed by atoms with E-state index in [-0.39, 0.29) is 5.76 Å². The monoisotopic (exact) mass is 293 g/mol. The molecule has 0 N–H and O–H groups in total. The maximum atomic E-state index is 11.3. The lowest BCUT2D eigenvalue weighted by atomic mass is 10.4. The highest BCUT2D eigenvalue weighted by molar-refractivity contribution is 7.98. The molecule has 1 aliphatic carbocycles. The van der Waals surface area contributed by atoms with Crippen LogP contribution in [0.1, 0.15) is 40.9 Å². The van der Waals surface area contributed by atoms with Gasteiger partial charge >= 0.3 is 5.97 Å². The van der Waals surface area contributed by atoms with Crippen molar-refractivity contribution >= 4 is 17.7 Å². The van der Waals surface area contributed by atoms with Crippen LogP contribution in [0.5, 0.6) is 0 Å². The largest absolute Gasteiger partial charge is 0.463 e. The van der Waals surface area contributed by atoms with Crippen molar-refractivity contribution in [2.75, 3.05) is 7.11 Å². The molecule has 0 spiro atoms. The average molecular weight is 293 g/mol. The van der Waals surface area contributed by atoms with Gasteiger partial charge in [0.25, 0.3) is 0 Å². The van der Waals surface area contributed by atoms with Crippen molar-refractivity contribution < 1.29 is 13.9 Å². The van der Waals surface area contributed by atoms with Crippen LogP contribution in [0.3, 0.4) is 0 Å². The zero-order valence-electron chi connectivity index (χ0n) is 11.3. The molecule has 0 bridgehead atoms. The van der Waals surface area contributed by atoms with Gasteiger partial charge in [-0.3, -0.25) is 0 Å². The molecule has 3 rings (SSSR count). The molecular formula is C13H15N3O3S. The third-order valence-electron chi connectivity index (χ3n) is 3.20. The number of carbonyl (C=O) groups is 1. The normalized spacial score (nSPS) is 14.5. The number of rotatable bonds is 5. The second-order valence-electron chi connectivity index (χ2n) is 4.72. The summed E-state index contributed by atoms with van der Waals surface area (Å²) in [7, 11) is 3.32. The van der Waals surface area contributed by atoms with Crippen LogP contribution in [0.4, 0.5) is 0 Å². The molecule has 2 aromatic heterocycles. The van der Waals surface area contributed by atoms with Gasteiger partial charge in [0.2, 0.25) is 5.76 Å². The number of thioether (sulfide) groups is 1. The van der Waals surface area contributed by atoms with Crippen LogP contribution in [0.15, 0.2) is 21.7 Å². The zero-order valence-corrected chi connectivity index (χ0v) is 12.1. The molecule has 2 aromatic rings. The van der Waals surface area contributed by atoms with Gasteiger partial charge < -0.3 is 13.7 Å². The summed E-state index contributed by atoms with van der Waals surface area (Å²) in [6, 6.07) is 3.39. The smallest absolute Gasteiger partial charge is 0.373 e. The summed E-state index contributed by atoms with van der Waals surface area (Å²) in [5.41, 5.74) is 0. The van der Waals surface area contributed by atoms with Gasteiger partial charge in [-0.1, -0.05) is 11.8 Å². The minimum absolute atomic E-state index is 0.222. The maximum absolute atomic E-state index is 11.3. The van der Waals surface area contributed by atoms with E-state index in [1.807, 2.05) is 11.6 Å². The van der Waals surface area contributed by atoms with E-state index in [4.69, 9.17) is 4.42 Å². The first kappa shape index (κ1) is 13.2. The fourth-order valence-electron chi connectivity index (χ4n) is 1.95. The number of methoxy groups -OCH3 is 1. The second-order valence-corrected chi connectivity index (χ2v) is 5.66. The Morgan fingerprint density at radius 2 is 2.30 bits per heavy atom. The van der Waals surface area contributed by atoms with Gasteiger partial charge in [0, 0.05) is 13.0 Å². The van der Waals surface area contributed by atoms with E-state index in [1.165, 1.54) is 20.0 Å². The molecule has 20 heavy (non-hydrogen) atoms. The van der Waals surface area contributed by atoms with Crippen LogP contribution in [-0.2, 0) is 17.5 Å². The van der Waals surface area contributed by atoms with Crippen molar-refractivity contribution in [1.29, 1.82) is 0 Å². The predicted molar refractivity (Wildman–Crippen MR) is 72.6 cm³/mol. The molecule has 0 radical (unpaired) electrons. The third kappa shape index (κ3) is 2.58. The van der Waals surface area contributed by atoms with E-state index >= 15 is 0 Å². The van der Waals surface area contributed by atoms with Gasteiger partial charge in [0.05, 0.1) is 12.9 Å². The summed E-state index contributed by atoms with van der Waals surface area (Å²) < 4.78 is 12.0. The van der Waals surface area contributed by atoms with E-state index in [1.54, 1.807) is 23.9 Å². The average Bonchev–Trinajstić information content (AvgIpc) is 3.07. The number of furan rings is 1. The first-order valence-electron chi connectivity index (χ1n) is 6.38. The Hall–Kier alpha value is -1.76. The minimum Gasteiger partial charge on any atom is -0.463 e. The van der Waals surface area contributed by atoms with Crippen molar-refractivity contribution in [3.05, 3.63) is 29.5 Å². The molecule has 6 nitrogen and oxygen atoms in total. The second kappa shape index (κ2) is 5.32. The lowest BCUT2D eigenvalue weighted by Crippen LogP contribution is -1.98. The highest BCUT2D eigenvalue weighted by atomic mass is 32.2. The summed E-state index contributed by atoms with van der Waals surface area (Å²) in [6.07, 6.45) is 2.41. The van der Waals surface area contributed by atoms with E-state index in [0.717, 1.165) is 11.0 Å². The molecule has 1 aliphatic rings. The molecule has 0 atom stereocenters. The number of hydrogen-bond acceptors (Lipinski definition) is 6. The fraction of sp³-hybridized carbons (Fsp3) is 0.462. The molecule has 106 valence electrons. The number of nitrogens with zero attached hydrogens (tertiary/aromatic N) is 3. The van der Waals surface area contributed by atoms with Gasteiger partial charge in [-0.15, -0.1) is 10.2 Å². The minimum atomic E-state index is -0.462. The Kier molecular flexibility index (Phi) is 3.52. The number of aromatic nitrogens is 3. The topological polar surface area (TPSA) is 70.2 Å². The van der Waals surface area contributed by atoms with Crippen LogP contribution in [0, 0.1) is 0 Å². The fourth-order valence-corrected chi connectivity index (χ4v) is 2.76. The van der Waals surface area contributed by atoms with E-state index < -0.39 is 5.97 Å². The van der Waals surface area contributed by atoms with Crippen LogP contribution in [0.25, 0.3) is 0 Å². The van der Waals surface area contributed by atoms with Crippen LogP contribution < -0.4 is 0 Å². The first-order chi connectivity index (χ1) is 9.69. The Morgan fingerprint density at radius 3 is 3.00 bits per heavy atom. The molecule has 0 amide bonds. The van der Waals surface area contributed by atoms with Crippen molar-refractivity contribution in [3.8, 4) is 0 Å². The SMILES string of the molecule is COC(=O)c1ccc(CSc2nnc(C3CC3)n2C)o1. The molecular weight excluding hydrogens is 278 g/mol. The van der Waals surface area contributed by atoms with Gasteiger partial charge in [-0.2, -0.15) is 0 Å². The zero-order chi connectivity index (χ0) is 14.1. The van der Waals surface area contributed by atoms with Gasteiger partial charge in [-0.05, 0) is 25.0 Å². The Morgan fingerprint density at radius 1 is 1.50 bits per heavy atom. The van der Waals surface area contributed by atoms with Crippen molar-refractivity contribution in [2.24, 2.45) is 7.05 Å². The van der Waals surface area contributed by atoms with Crippen LogP contribution >= 0.6 is 11.8 Å². The Balaban J connectivity index is 1.64. The molecule has 0 saturated heterocycles. The molecule has 0 unspecified atom stereocenters. The van der Waals surface area contributed by atoms with E-state index in [2.05, 4.69) is 14.9 Å². The van der Waals surface area contributed by atoms with Crippen molar-refractivity contribution in [2.45, 2.75) is 29.7 Å². The summed E-state index contributed by atoms with van der Waals surface area (Å²) in [5, 5.41) is 9.28. The van der Waals surface area contributed by atoms with Gasteiger partial charge in [0.1, 0.15) is 11.6 Å². The van der Waals surface area contributed by atoms with Crippen LogP contribution in [-0.4, -0.2) is 27.8 Å². The molecule has 7 heteroatoms. The van der Waals surface area contributed by atoms with Crippen LogP contribution in [0.2, 0.25) is 0 Å². The molecule has 2 heterocycles. The van der Waals surface area contributed by atoms with Crippen molar-refractivity contribution in [3.63, 3.8) is 0 Å². The highest BCUT2D eigenvalue weighted by Crippen LogP contribution is 2.39. The Bertz CT molecular complexity index is 631. The summed E-state index contributed by atoms with van der Waals surface area (Å²) >= 11 is 1.54. The van der Waals surface area contributed by atoms with Gasteiger partial charge in [-0.25, -0.2) is 4.79 Å². The number of carbonyl (C=O) groups excluding carboxylic acids is 1. The predicted octanol–water partition coefficient (Wildman–Crippen LogP) is 2.36. The van der Waals surface area contributed by atoms with E-state index in [0.29, 0.717) is 17.4 Å². The maximum Gasteiger partial charge on any atom is 0.373 e. The van der Waals surface area contributed by atoms with Gasteiger partial charge in [0.15, 0.2) is 5.16 Å². The Labute approximate surface area is 120 Å². The molecule has 0 aliphatic heterocycles. The number of hydrogen-bond donors (Lipinski definition) is 0. The number of esters is 1. The quantitative estimate of drug-likeness (QED) is 0.622. The number of ether oxygens (including phenoxy) is 1. The summed E-state index contributed by atoms with van der Waals surface area (Å²) in [4.78, 5) is 11.3. The first-order valence-corrected chi connectivity index (χ1v) is 7.36. The summed E-state index contributed by atoms with van der Waals surface area (Å²) in [5.74, 6) is 2.72. The molecule has 0 aromatic carbocycles. The van der Waals surface area contributed by atoms with E-state index in [9.17, 15) is 4.79 Å². The summed E-state index contributed by atoms with van der Waals surface area (Å²) in [6.45, 7) is 0. The highest BCUT2D eigenvalue weighted by Gasteiger charge is 2.29. The van der Waals surface area contributed by atoms with Crippen molar-refractivity contribution in [1.82, 2.24) is 14.8 Å². The molecule has 1 fully saturated rings. The third-order valence-corrected chi connectivity index (χ3v) is 4.25.